The standard InChI is InChI=1S/C25H19Cl3N2O3/c1-15-3-6-20(27)12-22(15)30-25(31)18(13-29)9-16-4-8-23(24(10-16)32-2)33-14-17-5-7-19(26)11-21(17)28/h3-12H,14H2,1-2H3,(H,30,31)/b18-9+. The van der Waals surface area contributed by atoms with E-state index < -0.39 is 5.91 Å². The Bertz CT molecular complexity index is 1270. The van der Waals surface area contributed by atoms with Gasteiger partial charge in [-0.05, 0) is 60.5 Å². The Morgan fingerprint density at radius 3 is 2.45 bits per heavy atom. The Kier molecular flexibility index (Phi) is 8.24. The lowest BCUT2D eigenvalue weighted by atomic mass is 10.1. The molecule has 33 heavy (non-hydrogen) atoms. The molecule has 3 aromatic carbocycles. The van der Waals surface area contributed by atoms with Crippen LogP contribution in [0.25, 0.3) is 6.08 Å². The molecule has 0 aliphatic carbocycles. The zero-order valence-electron chi connectivity index (χ0n) is 17.8. The highest BCUT2D eigenvalue weighted by Crippen LogP contribution is 2.31. The normalized spacial score (nSPS) is 11.0. The fourth-order valence-electron chi connectivity index (χ4n) is 2.92. The highest BCUT2D eigenvalue weighted by molar-refractivity contribution is 6.35. The number of anilines is 1. The van der Waals surface area contributed by atoms with Gasteiger partial charge in [0.15, 0.2) is 11.5 Å². The summed E-state index contributed by atoms with van der Waals surface area (Å²) in [7, 11) is 1.50. The van der Waals surface area contributed by atoms with Crippen LogP contribution in [0.15, 0.2) is 60.2 Å². The van der Waals surface area contributed by atoms with E-state index in [0.29, 0.717) is 37.8 Å². The number of rotatable bonds is 7. The molecule has 0 unspecified atom stereocenters. The summed E-state index contributed by atoms with van der Waals surface area (Å²) in [6.45, 7) is 2.05. The molecule has 0 saturated heterocycles. The van der Waals surface area contributed by atoms with Gasteiger partial charge in [-0.3, -0.25) is 4.79 Å². The van der Waals surface area contributed by atoms with Crippen LogP contribution >= 0.6 is 34.8 Å². The Balaban J connectivity index is 1.78. The van der Waals surface area contributed by atoms with Gasteiger partial charge in [-0.1, -0.05) is 53.0 Å². The topological polar surface area (TPSA) is 71.3 Å². The van der Waals surface area contributed by atoms with Gasteiger partial charge >= 0.3 is 0 Å². The molecule has 0 aromatic heterocycles. The lowest BCUT2D eigenvalue weighted by Crippen LogP contribution is -2.14. The average Bonchev–Trinajstić information content (AvgIpc) is 2.79. The van der Waals surface area contributed by atoms with E-state index in [1.807, 2.05) is 13.0 Å². The molecule has 0 radical (unpaired) electrons. The van der Waals surface area contributed by atoms with E-state index in [-0.39, 0.29) is 12.2 Å². The number of aryl methyl sites for hydroxylation is 1. The molecular weight excluding hydrogens is 483 g/mol. The van der Waals surface area contributed by atoms with Gasteiger partial charge in [0.1, 0.15) is 18.2 Å². The Labute approximate surface area is 207 Å². The quantitative estimate of drug-likeness (QED) is 0.277. The molecule has 168 valence electrons. The van der Waals surface area contributed by atoms with Crippen molar-refractivity contribution < 1.29 is 14.3 Å². The molecule has 1 N–H and O–H groups in total. The van der Waals surface area contributed by atoms with E-state index in [0.717, 1.165) is 11.1 Å². The highest BCUT2D eigenvalue weighted by atomic mass is 35.5. The second-order valence-corrected chi connectivity index (χ2v) is 8.30. The van der Waals surface area contributed by atoms with Gasteiger partial charge in [-0.15, -0.1) is 0 Å². The number of halogens is 3. The van der Waals surface area contributed by atoms with Crippen LogP contribution in [0.2, 0.25) is 15.1 Å². The first-order valence-corrected chi connectivity index (χ1v) is 10.9. The number of carbonyl (C=O) groups excluding carboxylic acids is 1. The highest BCUT2D eigenvalue weighted by Gasteiger charge is 2.13. The lowest BCUT2D eigenvalue weighted by molar-refractivity contribution is -0.112. The number of carbonyl (C=O) groups is 1. The third-order valence-electron chi connectivity index (χ3n) is 4.71. The zero-order valence-corrected chi connectivity index (χ0v) is 20.1. The van der Waals surface area contributed by atoms with Crippen LogP contribution in [0.1, 0.15) is 16.7 Å². The van der Waals surface area contributed by atoms with E-state index in [1.54, 1.807) is 54.6 Å². The summed E-state index contributed by atoms with van der Waals surface area (Å²) in [6.07, 6.45) is 1.47. The molecule has 8 heteroatoms. The first kappa shape index (κ1) is 24.5. The Hall–Kier alpha value is -3.17. The fraction of sp³-hybridized carbons (Fsp3) is 0.120. The predicted molar refractivity (Wildman–Crippen MR) is 132 cm³/mol. The molecule has 0 atom stereocenters. The summed E-state index contributed by atoms with van der Waals surface area (Å²) < 4.78 is 11.3. The maximum absolute atomic E-state index is 12.6. The number of benzene rings is 3. The molecule has 5 nitrogen and oxygen atoms in total. The van der Waals surface area contributed by atoms with Gasteiger partial charge < -0.3 is 14.8 Å². The molecule has 3 aromatic rings. The van der Waals surface area contributed by atoms with Crippen molar-refractivity contribution in [3.63, 3.8) is 0 Å². The largest absolute Gasteiger partial charge is 0.493 e. The summed E-state index contributed by atoms with van der Waals surface area (Å²) in [4.78, 5) is 12.6. The van der Waals surface area contributed by atoms with Gasteiger partial charge in [0.05, 0.1) is 7.11 Å². The van der Waals surface area contributed by atoms with E-state index in [9.17, 15) is 10.1 Å². The van der Waals surface area contributed by atoms with Gasteiger partial charge in [-0.2, -0.15) is 5.26 Å². The maximum atomic E-state index is 12.6. The minimum Gasteiger partial charge on any atom is -0.493 e. The van der Waals surface area contributed by atoms with Crippen molar-refractivity contribution in [3.05, 3.63) is 91.9 Å². The van der Waals surface area contributed by atoms with Crippen molar-refractivity contribution >= 4 is 52.5 Å². The van der Waals surface area contributed by atoms with Crippen molar-refractivity contribution in [2.45, 2.75) is 13.5 Å². The number of hydrogen-bond donors (Lipinski definition) is 1. The first-order valence-electron chi connectivity index (χ1n) is 9.74. The number of nitriles is 1. The summed E-state index contributed by atoms with van der Waals surface area (Å²) >= 11 is 18.1. The van der Waals surface area contributed by atoms with Crippen LogP contribution < -0.4 is 14.8 Å². The first-order chi connectivity index (χ1) is 15.8. The molecule has 0 fully saturated rings. The number of methoxy groups -OCH3 is 1. The SMILES string of the molecule is COc1cc(/C=C(\C#N)C(=O)Nc2cc(Cl)ccc2C)ccc1OCc1ccc(Cl)cc1Cl. The molecule has 0 saturated carbocycles. The average molecular weight is 502 g/mol. The molecule has 0 spiro atoms. The summed E-state index contributed by atoms with van der Waals surface area (Å²) in [6, 6.07) is 17.3. The predicted octanol–water partition coefficient (Wildman–Crippen LogP) is 7.09. The number of ether oxygens (including phenoxy) is 2. The zero-order chi connectivity index (χ0) is 24.0. The fourth-order valence-corrected chi connectivity index (χ4v) is 3.56. The summed E-state index contributed by atoms with van der Waals surface area (Å²) in [5.41, 5.74) is 2.66. The molecule has 3 rings (SSSR count). The van der Waals surface area contributed by atoms with Crippen molar-refractivity contribution in [2.24, 2.45) is 0 Å². The van der Waals surface area contributed by atoms with Crippen LogP contribution in [0.3, 0.4) is 0 Å². The number of amides is 1. The lowest BCUT2D eigenvalue weighted by Gasteiger charge is -2.12. The number of hydrogen-bond acceptors (Lipinski definition) is 4. The summed E-state index contributed by atoms with van der Waals surface area (Å²) in [5, 5.41) is 13.8. The van der Waals surface area contributed by atoms with Crippen molar-refractivity contribution in [1.82, 2.24) is 0 Å². The third-order valence-corrected chi connectivity index (χ3v) is 5.53. The minimum atomic E-state index is -0.542. The van der Waals surface area contributed by atoms with Gasteiger partial charge in [-0.25, -0.2) is 0 Å². The van der Waals surface area contributed by atoms with Crippen LogP contribution in [-0.2, 0) is 11.4 Å². The van der Waals surface area contributed by atoms with Crippen molar-refractivity contribution in [3.8, 4) is 17.6 Å². The van der Waals surface area contributed by atoms with E-state index in [4.69, 9.17) is 44.3 Å². The van der Waals surface area contributed by atoms with Crippen LogP contribution in [0, 0.1) is 18.3 Å². The molecule has 0 aliphatic rings. The van der Waals surface area contributed by atoms with Crippen LogP contribution in [-0.4, -0.2) is 13.0 Å². The Morgan fingerprint density at radius 2 is 1.76 bits per heavy atom. The van der Waals surface area contributed by atoms with Gasteiger partial charge in [0.2, 0.25) is 0 Å². The summed E-state index contributed by atoms with van der Waals surface area (Å²) in [5.74, 6) is 0.384. The van der Waals surface area contributed by atoms with Crippen molar-refractivity contribution in [1.29, 1.82) is 5.26 Å². The Morgan fingerprint density at radius 1 is 1.03 bits per heavy atom. The molecule has 0 heterocycles. The van der Waals surface area contributed by atoms with Gasteiger partial charge in [0.25, 0.3) is 5.91 Å². The van der Waals surface area contributed by atoms with Crippen LogP contribution in [0.4, 0.5) is 5.69 Å². The van der Waals surface area contributed by atoms with Crippen molar-refractivity contribution in [2.75, 3.05) is 12.4 Å². The smallest absolute Gasteiger partial charge is 0.266 e. The maximum Gasteiger partial charge on any atom is 0.266 e. The van der Waals surface area contributed by atoms with E-state index in [1.165, 1.54) is 13.2 Å². The second kappa shape index (κ2) is 11.1. The second-order valence-electron chi connectivity index (χ2n) is 7.02. The van der Waals surface area contributed by atoms with Crippen LogP contribution in [0.5, 0.6) is 11.5 Å². The number of nitrogens with one attached hydrogen (secondary N) is 1. The molecule has 0 aliphatic heterocycles. The van der Waals surface area contributed by atoms with E-state index in [2.05, 4.69) is 5.32 Å². The van der Waals surface area contributed by atoms with Gasteiger partial charge in [0, 0.05) is 26.3 Å². The third kappa shape index (κ3) is 6.43. The monoisotopic (exact) mass is 500 g/mol. The minimum absolute atomic E-state index is 0.0713. The molecule has 1 amide bonds. The molecular formula is C25H19Cl3N2O3. The van der Waals surface area contributed by atoms with E-state index >= 15 is 0 Å². The molecule has 0 bridgehead atoms. The number of nitrogens with zero attached hydrogens (tertiary/aromatic N) is 1.